The van der Waals surface area contributed by atoms with Gasteiger partial charge in [0, 0.05) is 13.0 Å². The first-order valence-corrected chi connectivity index (χ1v) is 7.22. The van der Waals surface area contributed by atoms with Crippen LogP contribution >= 0.6 is 0 Å². The second kappa shape index (κ2) is 5.95. The van der Waals surface area contributed by atoms with Gasteiger partial charge in [0.2, 0.25) is 0 Å². The zero-order valence-electron chi connectivity index (χ0n) is 13.3. The first-order valence-electron chi connectivity index (χ1n) is 7.22. The first kappa shape index (κ1) is 16.9. The van der Waals surface area contributed by atoms with E-state index >= 15 is 0 Å². The second-order valence-electron chi connectivity index (χ2n) is 6.70. The molecule has 22 heavy (non-hydrogen) atoms. The van der Waals surface area contributed by atoms with Crippen LogP contribution in [0.5, 0.6) is 0 Å². The van der Waals surface area contributed by atoms with Crippen LogP contribution in [0.15, 0.2) is 18.2 Å². The molecule has 0 amide bonds. The number of hydrogen-bond donors (Lipinski definition) is 0. The molecule has 3 nitrogen and oxygen atoms in total. The highest BCUT2D eigenvalue weighted by Crippen LogP contribution is 2.24. The van der Waals surface area contributed by atoms with Crippen molar-refractivity contribution in [3.05, 3.63) is 24.0 Å². The zero-order chi connectivity index (χ0) is 16.5. The third kappa shape index (κ3) is 4.50. The minimum atomic E-state index is -4.60. The molecule has 120 valence electrons. The van der Waals surface area contributed by atoms with Crippen molar-refractivity contribution in [3.8, 4) is 0 Å². The molecule has 0 aliphatic heterocycles. The highest BCUT2D eigenvalue weighted by atomic mass is 19.4. The molecule has 1 aromatic carbocycles. The predicted octanol–water partition coefficient (Wildman–Crippen LogP) is 2.42. The minimum Gasteiger partial charge on any atom is -0.326 e. The van der Waals surface area contributed by atoms with E-state index in [0.717, 1.165) is 22.3 Å². The van der Waals surface area contributed by atoms with Crippen LogP contribution in [-0.2, 0) is 17.7 Å². The molecule has 2 rings (SSSR count). The molecule has 2 aromatic rings. The largest absolute Gasteiger partial charge is 0.522 e. The average molecular weight is 312 g/mol. The van der Waals surface area contributed by atoms with Gasteiger partial charge in [-0.2, -0.15) is 0 Å². The molecule has 0 radical (unpaired) electrons. The van der Waals surface area contributed by atoms with Crippen LogP contribution in [0, 0.1) is 5.41 Å². The van der Waals surface area contributed by atoms with E-state index in [9.17, 15) is 13.2 Å². The number of rotatable bonds is 4. The number of ether oxygens (including phenoxy) is 1. The summed E-state index contributed by atoms with van der Waals surface area (Å²) < 4.78 is 42.3. The maximum atomic E-state index is 12.2. The molecule has 0 saturated heterocycles. The summed E-state index contributed by atoms with van der Waals surface area (Å²) in [5.41, 5.74) is 2.73. The molecule has 0 aliphatic rings. The fraction of sp³-hybridized carbons (Fsp3) is 0.533. The Kier molecular flexibility index (Phi) is 4.56. The van der Waals surface area contributed by atoms with Gasteiger partial charge in [0.05, 0.1) is 17.6 Å². The lowest BCUT2D eigenvalue weighted by atomic mass is 9.92. The number of halogens is 3. The molecule has 0 saturated carbocycles. The van der Waals surface area contributed by atoms with E-state index in [4.69, 9.17) is 0 Å². The summed E-state index contributed by atoms with van der Waals surface area (Å²) >= 11 is 0. The van der Waals surface area contributed by atoms with Crippen molar-refractivity contribution in [2.75, 3.05) is 6.61 Å². The number of alkyl halides is 3. The van der Waals surface area contributed by atoms with Crippen LogP contribution < -0.4 is 5.46 Å². The molecule has 0 bridgehead atoms. The summed E-state index contributed by atoms with van der Waals surface area (Å²) in [6.45, 7) is 5.95. The van der Waals surface area contributed by atoms with E-state index in [0.29, 0.717) is 6.42 Å². The van der Waals surface area contributed by atoms with Crippen molar-refractivity contribution < 1.29 is 17.9 Å². The smallest absolute Gasteiger partial charge is 0.326 e. The van der Waals surface area contributed by atoms with Crippen LogP contribution in [0.25, 0.3) is 11.0 Å². The Hall–Kier alpha value is -1.50. The average Bonchev–Trinajstić information content (AvgIpc) is 2.62. The topological polar surface area (TPSA) is 27.1 Å². The third-order valence-corrected chi connectivity index (χ3v) is 3.25. The molecule has 7 heteroatoms. The van der Waals surface area contributed by atoms with Gasteiger partial charge >= 0.3 is 6.36 Å². The number of fused-ring (bicyclic) bond motifs is 1. The van der Waals surface area contributed by atoms with Crippen LogP contribution in [0.2, 0.25) is 0 Å². The molecule has 1 heterocycles. The van der Waals surface area contributed by atoms with Gasteiger partial charge in [0.1, 0.15) is 13.7 Å². The quantitative estimate of drug-likeness (QED) is 0.811. The molecule has 0 unspecified atom stereocenters. The van der Waals surface area contributed by atoms with Gasteiger partial charge in [-0.05, 0) is 17.5 Å². The van der Waals surface area contributed by atoms with Crippen LogP contribution in [0.3, 0.4) is 0 Å². The number of benzene rings is 1. The first-order chi connectivity index (χ1) is 10.1. The van der Waals surface area contributed by atoms with Gasteiger partial charge in [-0.15, -0.1) is 13.2 Å². The number of hydrogen-bond acceptors (Lipinski definition) is 2. The van der Waals surface area contributed by atoms with Gasteiger partial charge in [0.25, 0.3) is 0 Å². The van der Waals surface area contributed by atoms with E-state index in [-0.39, 0.29) is 12.0 Å². The summed E-state index contributed by atoms with van der Waals surface area (Å²) in [6.07, 6.45) is -3.91. The molecule has 0 fully saturated rings. The van der Waals surface area contributed by atoms with Crippen molar-refractivity contribution in [2.45, 2.75) is 40.1 Å². The van der Waals surface area contributed by atoms with Crippen LogP contribution in [-0.4, -0.2) is 30.4 Å². The maximum absolute atomic E-state index is 12.2. The Morgan fingerprint density at radius 3 is 2.50 bits per heavy atom. The Labute approximate surface area is 128 Å². The summed E-state index contributed by atoms with van der Waals surface area (Å²) in [6, 6.07) is 5.78. The summed E-state index contributed by atoms with van der Waals surface area (Å²) in [4.78, 5) is 4.60. The van der Waals surface area contributed by atoms with Crippen LogP contribution in [0.1, 0.15) is 26.6 Å². The molecule has 0 spiro atoms. The van der Waals surface area contributed by atoms with Gasteiger partial charge in [-0.25, -0.2) is 4.98 Å². The fourth-order valence-electron chi connectivity index (χ4n) is 2.40. The normalized spacial score (nSPS) is 13.0. The standard InChI is InChI=1S/C15H20BF3N2O/c1-14(2,3)9-13-20-11-8-10(16)4-5-12(11)21(13)6-7-22-15(17,18)19/h4-5,8H,6-7,9,16H2,1-3H3. The fourth-order valence-corrected chi connectivity index (χ4v) is 2.40. The van der Waals surface area contributed by atoms with E-state index < -0.39 is 13.0 Å². The molecular formula is C15H20BF3N2O. The van der Waals surface area contributed by atoms with Gasteiger partial charge < -0.3 is 4.57 Å². The number of aromatic nitrogens is 2. The molecule has 0 atom stereocenters. The van der Waals surface area contributed by atoms with Gasteiger partial charge in [0.15, 0.2) is 0 Å². The lowest BCUT2D eigenvalue weighted by Gasteiger charge is -2.19. The van der Waals surface area contributed by atoms with Crippen molar-refractivity contribution >= 4 is 24.3 Å². The number of imidazole rings is 1. The summed E-state index contributed by atoms with van der Waals surface area (Å²) in [5, 5.41) is 0. The minimum absolute atomic E-state index is 0.000937. The predicted molar refractivity (Wildman–Crippen MR) is 83.1 cm³/mol. The second-order valence-corrected chi connectivity index (χ2v) is 6.70. The summed E-state index contributed by atoms with van der Waals surface area (Å²) in [5.74, 6) is 0.791. The molecule has 1 aromatic heterocycles. The van der Waals surface area contributed by atoms with Crippen molar-refractivity contribution in [2.24, 2.45) is 5.41 Å². The Morgan fingerprint density at radius 1 is 1.23 bits per heavy atom. The monoisotopic (exact) mass is 312 g/mol. The Morgan fingerprint density at radius 2 is 1.91 bits per heavy atom. The summed E-state index contributed by atoms with van der Waals surface area (Å²) in [7, 11) is 1.97. The molecule has 0 N–H and O–H groups in total. The Balaban J connectivity index is 2.33. The highest BCUT2D eigenvalue weighted by Gasteiger charge is 2.29. The Bertz CT molecular complexity index is 659. The SMILES string of the molecule is Bc1ccc2c(c1)nc(CC(C)(C)C)n2CCOC(F)(F)F. The number of nitrogens with zero attached hydrogens (tertiary/aromatic N) is 2. The molecular weight excluding hydrogens is 292 g/mol. The lowest BCUT2D eigenvalue weighted by Crippen LogP contribution is -2.20. The zero-order valence-corrected chi connectivity index (χ0v) is 13.3. The van der Waals surface area contributed by atoms with Crippen molar-refractivity contribution in [1.29, 1.82) is 0 Å². The van der Waals surface area contributed by atoms with E-state index in [1.165, 1.54) is 0 Å². The third-order valence-electron chi connectivity index (χ3n) is 3.25. The van der Waals surface area contributed by atoms with E-state index in [1.54, 1.807) is 0 Å². The van der Waals surface area contributed by atoms with Crippen molar-refractivity contribution in [3.63, 3.8) is 0 Å². The van der Waals surface area contributed by atoms with E-state index in [2.05, 4.69) is 30.5 Å². The highest BCUT2D eigenvalue weighted by molar-refractivity contribution is 6.33. The molecule has 0 aliphatic carbocycles. The maximum Gasteiger partial charge on any atom is 0.522 e. The van der Waals surface area contributed by atoms with Gasteiger partial charge in [-0.3, -0.25) is 4.74 Å². The van der Waals surface area contributed by atoms with Crippen molar-refractivity contribution in [1.82, 2.24) is 9.55 Å². The van der Waals surface area contributed by atoms with E-state index in [1.807, 2.05) is 30.6 Å². The lowest BCUT2D eigenvalue weighted by molar-refractivity contribution is -0.325. The van der Waals surface area contributed by atoms with Gasteiger partial charge in [-0.1, -0.05) is 32.3 Å². The van der Waals surface area contributed by atoms with Crippen LogP contribution in [0.4, 0.5) is 13.2 Å².